The fraction of sp³-hybridized carbons (Fsp3) is 0.235. The summed E-state index contributed by atoms with van der Waals surface area (Å²) in [7, 11) is 1.50. The number of hydrogen-bond donors (Lipinski definition) is 0. The maximum absolute atomic E-state index is 13.7. The van der Waals surface area contributed by atoms with E-state index < -0.39 is 5.95 Å². The summed E-state index contributed by atoms with van der Waals surface area (Å²) in [5.41, 5.74) is 1.83. The van der Waals surface area contributed by atoms with Gasteiger partial charge in [-0.15, -0.1) is 0 Å². The average Bonchev–Trinajstić information content (AvgIpc) is 2.98. The second kappa shape index (κ2) is 6.04. The van der Waals surface area contributed by atoms with Crippen LogP contribution in [0.2, 0.25) is 0 Å². The highest BCUT2D eigenvalue weighted by Gasteiger charge is 2.30. The predicted octanol–water partition coefficient (Wildman–Crippen LogP) is 2.56. The Kier molecular flexibility index (Phi) is 3.72. The molecular weight excluding hydrogens is 323 g/mol. The quantitative estimate of drug-likeness (QED) is 0.679. The Labute approximate surface area is 143 Å². The molecule has 4 rings (SSSR count). The fourth-order valence-corrected chi connectivity index (χ4v) is 2.90. The molecule has 0 aliphatic carbocycles. The van der Waals surface area contributed by atoms with E-state index in [1.807, 2.05) is 11.8 Å². The van der Waals surface area contributed by atoms with E-state index in [1.165, 1.54) is 13.2 Å². The van der Waals surface area contributed by atoms with Gasteiger partial charge in [0, 0.05) is 36.3 Å². The smallest absolute Gasteiger partial charge is 0.218 e. The minimum atomic E-state index is -0.582. The minimum Gasteiger partial charge on any atom is -0.496 e. The van der Waals surface area contributed by atoms with Crippen LogP contribution >= 0.6 is 0 Å². The van der Waals surface area contributed by atoms with Gasteiger partial charge in [-0.25, -0.2) is 24.9 Å². The highest BCUT2D eigenvalue weighted by molar-refractivity contribution is 5.52. The van der Waals surface area contributed by atoms with Crippen molar-refractivity contribution < 1.29 is 9.13 Å². The Balaban J connectivity index is 1.69. The van der Waals surface area contributed by atoms with Crippen LogP contribution in [0, 0.1) is 5.95 Å². The number of anilines is 1. The van der Waals surface area contributed by atoms with E-state index in [2.05, 4.69) is 24.9 Å². The standard InChI is InChI=1S/C17H15FN6O/c1-10-12-8-21-17(16-19-4-3-5-20-16)22-13(12)9-24(10)15-7-11(25-2)6-14(18)23-15/h3-8,10H,9H2,1-2H3. The summed E-state index contributed by atoms with van der Waals surface area (Å²) >= 11 is 0. The average molecular weight is 338 g/mol. The number of pyridine rings is 1. The lowest BCUT2D eigenvalue weighted by molar-refractivity contribution is 0.408. The van der Waals surface area contributed by atoms with Crippen LogP contribution in [-0.2, 0) is 6.54 Å². The molecule has 0 fully saturated rings. The third-order valence-electron chi connectivity index (χ3n) is 4.19. The van der Waals surface area contributed by atoms with Crippen molar-refractivity contribution in [2.75, 3.05) is 12.0 Å². The predicted molar refractivity (Wildman–Crippen MR) is 88.4 cm³/mol. The molecule has 0 amide bonds. The third-order valence-corrected chi connectivity index (χ3v) is 4.19. The van der Waals surface area contributed by atoms with Crippen LogP contribution in [0.5, 0.6) is 5.75 Å². The molecule has 25 heavy (non-hydrogen) atoms. The van der Waals surface area contributed by atoms with Gasteiger partial charge in [0.15, 0.2) is 11.6 Å². The van der Waals surface area contributed by atoms with E-state index in [-0.39, 0.29) is 6.04 Å². The van der Waals surface area contributed by atoms with Crippen molar-refractivity contribution in [1.82, 2.24) is 24.9 Å². The molecule has 1 aliphatic rings. The van der Waals surface area contributed by atoms with Crippen LogP contribution in [-0.4, -0.2) is 32.0 Å². The Bertz CT molecular complexity index is 920. The summed E-state index contributed by atoms with van der Waals surface area (Å²) in [6.07, 6.45) is 5.07. The topological polar surface area (TPSA) is 76.9 Å². The molecule has 0 N–H and O–H groups in total. The molecule has 0 saturated carbocycles. The number of rotatable bonds is 3. The summed E-state index contributed by atoms with van der Waals surface area (Å²) in [5.74, 6) is 1.29. The lowest BCUT2D eigenvalue weighted by Crippen LogP contribution is -2.20. The summed E-state index contributed by atoms with van der Waals surface area (Å²) in [5, 5.41) is 0. The van der Waals surface area contributed by atoms with Crippen LogP contribution in [0.15, 0.2) is 36.8 Å². The number of nitrogens with zero attached hydrogens (tertiary/aromatic N) is 6. The van der Waals surface area contributed by atoms with Gasteiger partial charge in [0.2, 0.25) is 5.95 Å². The first-order valence-corrected chi connectivity index (χ1v) is 7.77. The summed E-state index contributed by atoms with van der Waals surface area (Å²) in [4.78, 5) is 23.2. The normalized spacial score (nSPS) is 16.0. The van der Waals surface area contributed by atoms with Crippen molar-refractivity contribution in [3.63, 3.8) is 0 Å². The minimum absolute atomic E-state index is 0.0280. The first-order chi connectivity index (χ1) is 12.2. The van der Waals surface area contributed by atoms with Crippen molar-refractivity contribution >= 4 is 5.82 Å². The third kappa shape index (κ3) is 2.75. The van der Waals surface area contributed by atoms with E-state index in [9.17, 15) is 4.39 Å². The second-order valence-electron chi connectivity index (χ2n) is 5.66. The van der Waals surface area contributed by atoms with Crippen molar-refractivity contribution in [3.8, 4) is 17.4 Å². The Morgan fingerprint density at radius 2 is 1.92 bits per heavy atom. The summed E-state index contributed by atoms with van der Waals surface area (Å²) in [6, 6.07) is 4.67. The van der Waals surface area contributed by atoms with Crippen molar-refractivity contribution in [1.29, 1.82) is 0 Å². The van der Waals surface area contributed by atoms with E-state index >= 15 is 0 Å². The molecule has 0 bridgehead atoms. The Morgan fingerprint density at radius 3 is 2.68 bits per heavy atom. The molecule has 126 valence electrons. The Morgan fingerprint density at radius 1 is 1.12 bits per heavy atom. The Hall–Kier alpha value is -3.16. The van der Waals surface area contributed by atoms with Gasteiger partial charge < -0.3 is 9.64 Å². The number of fused-ring (bicyclic) bond motifs is 1. The molecule has 3 aromatic heterocycles. The van der Waals surface area contributed by atoms with Crippen LogP contribution in [0.25, 0.3) is 11.6 Å². The van der Waals surface area contributed by atoms with Crippen LogP contribution < -0.4 is 9.64 Å². The zero-order valence-electron chi connectivity index (χ0n) is 13.7. The van der Waals surface area contributed by atoms with Gasteiger partial charge in [-0.3, -0.25) is 0 Å². The lowest BCUT2D eigenvalue weighted by atomic mass is 10.1. The molecule has 8 heteroatoms. The van der Waals surface area contributed by atoms with Gasteiger partial charge in [0.25, 0.3) is 0 Å². The molecule has 1 unspecified atom stereocenters. The van der Waals surface area contributed by atoms with Gasteiger partial charge in [0.05, 0.1) is 25.4 Å². The maximum atomic E-state index is 13.7. The van der Waals surface area contributed by atoms with E-state index in [0.29, 0.717) is 29.8 Å². The van der Waals surface area contributed by atoms with Gasteiger partial charge in [-0.1, -0.05) is 0 Å². The van der Waals surface area contributed by atoms with E-state index in [1.54, 1.807) is 30.7 Å². The van der Waals surface area contributed by atoms with Crippen LogP contribution in [0.1, 0.15) is 24.2 Å². The molecule has 0 aromatic carbocycles. The zero-order chi connectivity index (χ0) is 17.4. The maximum Gasteiger partial charge on any atom is 0.218 e. The monoisotopic (exact) mass is 338 g/mol. The van der Waals surface area contributed by atoms with Gasteiger partial charge >= 0.3 is 0 Å². The molecule has 0 saturated heterocycles. The highest BCUT2D eigenvalue weighted by Crippen LogP contribution is 2.36. The van der Waals surface area contributed by atoms with Gasteiger partial charge in [-0.05, 0) is 13.0 Å². The second-order valence-corrected chi connectivity index (χ2v) is 5.66. The van der Waals surface area contributed by atoms with E-state index in [4.69, 9.17) is 4.74 Å². The molecule has 1 atom stereocenters. The van der Waals surface area contributed by atoms with Gasteiger partial charge in [0.1, 0.15) is 11.6 Å². The molecule has 7 nitrogen and oxygen atoms in total. The van der Waals surface area contributed by atoms with Crippen LogP contribution in [0.4, 0.5) is 10.2 Å². The number of halogens is 1. The molecular formula is C17H15FN6O. The largest absolute Gasteiger partial charge is 0.496 e. The van der Waals surface area contributed by atoms with E-state index in [0.717, 1.165) is 11.3 Å². The first kappa shape index (κ1) is 15.4. The molecule has 4 heterocycles. The first-order valence-electron chi connectivity index (χ1n) is 7.77. The molecule has 0 spiro atoms. The molecule has 0 radical (unpaired) electrons. The van der Waals surface area contributed by atoms with Crippen molar-refractivity contribution in [2.24, 2.45) is 0 Å². The zero-order valence-corrected chi connectivity index (χ0v) is 13.7. The van der Waals surface area contributed by atoms with Crippen molar-refractivity contribution in [3.05, 3.63) is 54.0 Å². The number of methoxy groups -OCH3 is 1. The number of hydrogen-bond acceptors (Lipinski definition) is 7. The number of ether oxygens (including phenoxy) is 1. The lowest BCUT2D eigenvalue weighted by Gasteiger charge is -2.22. The summed E-state index contributed by atoms with van der Waals surface area (Å²) in [6.45, 7) is 2.51. The molecule has 3 aromatic rings. The molecule has 1 aliphatic heterocycles. The van der Waals surface area contributed by atoms with Crippen molar-refractivity contribution in [2.45, 2.75) is 19.5 Å². The number of aromatic nitrogens is 5. The summed E-state index contributed by atoms with van der Waals surface area (Å²) < 4.78 is 18.9. The van der Waals surface area contributed by atoms with Crippen LogP contribution in [0.3, 0.4) is 0 Å². The van der Waals surface area contributed by atoms with Gasteiger partial charge in [-0.2, -0.15) is 4.39 Å². The fourth-order valence-electron chi connectivity index (χ4n) is 2.90. The highest BCUT2D eigenvalue weighted by atomic mass is 19.1. The SMILES string of the molecule is COc1cc(F)nc(N2Cc3nc(-c4ncccn4)ncc3C2C)c1.